The lowest BCUT2D eigenvalue weighted by Crippen LogP contribution is -2.55. The van der Waals surface area contributed by atoms with Gasteiger partial charge in [-0.05, 0) is 73.4 Å². The molecule has 4 aromatic carbocycles. The Balaban J connectivity index is 1.56. The Labute approximate surface area is 287 Å². The molecule has 0 aliphatic heterocycles. The molecule has 10 heteroatoms. The summed E-state index contributed by atoms with van der Waals surface area (Å²) in [4.78, 5) is 30.3. The lowest BCUT2D eigenvalue weighted by molar-refractivity contribution is -0.140. The number of rotatable bonds is 12. The van der Waals surface area contributed by atoms with Crippen molar-refractivity contribution < 1.29 is 18.0 Å². The maximum absolute atomic E-state index is 14.6. The van der Waals surface area contributed by atoms with Crippen molar-refractivity contribution in [2.24, 2.45) is 0 Å². The van der Waals surface area contributed by atoms with Gasteiger partial charge in [-0.1, -0.05) is 109 Å². The van der Waals surface area contributed by atoms with Crippen molar-refractivity contribution in [3.8, 4) is 0 Å². The van der Waals surface area contributed by atoms with Crippen molar-refractivity contribution >= 4 is 50.7 Å². The van der Waals surface area contributed by atoms with Crippen molar-refractivity contribution in [3.63, 3.8) is 0 Å². The second-order valence-corrected chi connectivity index (χ2v) is 14.7. The number of halogens is 2. The van der Waals surface area contributed by atoms with Gasteiger partial charge in [0.1, 0.15) is 12.6 Å². The van der Waals surface area contributed by atoms with Crippen molar-refractivity contribution in [1.82, 2.24) is 10.2 Å². The number of carbonyl (C=O) groups is 2. The SMILES string of the molecule is Cc1ccc(S(=O)(=O)N(CC(=O)N(Cc2ccccc2Cl)[C@@H](Cc2ccccc2)C(=O)NC2CCCCC2)c2ccc(Cl)cc2)cc1. The van der Waals surface area contributed by atoms with Crippen LogP contribution in [0.25, 0.3) is 0 Å². The highest BCUT2D eigenvalue weighted by Gasteiger charge is 2.35. The van der Waals surface area contributed by atoms with Gasteiger partial charge in [0.2, 0.25) is 11.8 Å². The normalized spacial score (nSPS) is 14.3. The number of aryl methyl sites for hydroxylation is 1. The number of nitrogens with one attached hydrogen (secondary N) is 1. The van der Waals surface area contributed by atoms with E-state index in [0.717, 1.165) is 47.5 Å². The van der Waals surface area contributed by atoms with Gasteiger partial charge in [0.25, 0.3) is 10.0 Å². The van der Waals surface area contributed by atoms with E-state index < -0.39 is 28.5 Å². The largest absolute Gasteiger partial charge is 0.352 e. The van der Waals surface area contributed by atoms with Crippen molar-refractivity contribution in [1.29, 1.82) is 0 Å². The van der Waals surface area contributed by atoms with Crippen LogP contribution in [0.2, 0.25) is 10.0 Å². The zero-order valence-electron chi connectivity index (χ0n) is 26.3. The van der Waals surface area contributed by atoms with Crippen LogP contribution in [-0.2, 0) is 32.6 Å². The average Bonchev–Trinajstić information content (AvgIpc) is 3.07. The molecule has 1 aliphatic carbocycles. The van der Waals surface area contributed by atoms with E-state index in [1.54, 1.807) is 54.6 Å². The van der Waals surface area contributed by atoms with E-state index in [1.165, 1.54) is 17.0 Å². The summed E-state index contributed by atoms with van der Waals surface area (Å²) in [6.45, 7) is 1.33. The lowest BCUT2D eigenvalue weighted by atomic mass is 9.94. The van der Waals surface area contributed by atoms with Crippen molar-refractivity contribution in [2.75, 3.05) is 10.8 Å². The summed E-state index contributed by atoms with van der Waals surface area (Å²) in [5.74, 6) is -0.823. The summed E-state index contributed by atoms with van der Waals surface area (Å²) >= 11 is 12.8. The zero-order valence-corrected chi connectivity index (χ0v) is 28.6. The minimum absolute atomic E-state index is 0.00707. The highest BCUT2D eigenvalue weighted by molar-refractivity contribution is 7.92. The summed E-state index contributed by atoms with van der Waals surface area (Å²) in [7, 11) is -4.20. The molecule has 5 rings (SSSR count). The van der Waals surface area contributed by atoms with Crippen LogP contribution < -0.4 is 9.62 Å². The highest BCUT2D eigenvalue weighted by Crippen LogP contribution is 2.28. The third-order valence-electron chi connectivity index (χ3n) is 8.52. The van der Waals surface area contributed by atoms with E-state index in [0.29, 0.717) is 15.6 Å². The Kier molecular flexibility index (Phi) is 11.6. The number of hydrogen-bond donors (Lipinski definition) is 1. The van der Waals surface area contributed by atoms with Crippen LogP contribution in [0.3, 0.4) is 0 Å². The van der Waals surface area contributed by atoms with E-state index in [2.05, 4.69) is 5.32 Å². The van der Waals surface area contributed by atoms with E-state index in [9.17, 15) is 18.0 Å². The average molecular weight is 693 g/mol. The third-order valence-corrected chi connectivity index (χ3v) is 10.9. The summed E-state index contributed by atoms with van der Waals surface area (Å²) < 4.78 is 29.4. The molecule has 0 bridgehead atoms. The molecule has 1 saturated carbocycles. The Hall–Kier alpha value is -3.85. The van der Waals surface area contributed by atoms with Gasteiger partial charge < -0.3 is 10.2 Å². The second-order valence-electron chi connectivity index (χ2n) is 12.0. The van der Waals surface area contributed by atoms with Gasteiger partial charge in [-0.3, -0.25) is 13.9 Å². The van der Waals surface area contributed by atoms with Gasteiger partial charge in [-0.2, -0.15) is 0 Å². The minimum atomic E-state index is -4.20. The number of anilines is 1. The first-order valence-corrected chi connectivity index (χ1v) is 18.0. The number of nitrogens with zero attached hydrogens (tertiary/aromatic N) is 2. The molecule has 0 unspecified atom stereocenters. The second kappa shape index (κ2) is 15.8. The Morgan fingerprint density at radius 3 is 2.13 bits per heavy atom. The number of hydrogen-bond acceptors (Lipinski definition) is 4. The molecular weight excluding hydrogens is 653 g/mol. The summed E-state index contributed by atoms with van der Waals surface area (Å²) in [5.41, 5.74) is 2.68. The Morgan fingerprint density at radius 1 is 0.830 bits per heavy atom. The van der Waals surface area contributed by atoms with Crippen LogP contribution in [-0.4, -0.2) is 43.8 Å². The van der Waals surface area contributed by atoms with Crippen LogP contribution >= 0.6 is 23.2 Å². The van der Waals surface area contributed by atoms with Crippen LogP contribution in [0.5, 0.6) is 0 Å². The predicted molar refractivity (Wildman–Crippen MR) is 188 cm³/mol. The van der Waals surface area contributed by atoms with Crippen molar-refractivity contribution in [2.45, 2.75) is 69.0 Å². The summed E-state index contributed by atoms with van der Waals surface area (Å²) in [6.07, 6.45) is 5.18. The maximum atomic E-state index is 14.6. The number of amides is 2. The lowest BCUT2D eigenvalue weighted by Gasteiger charge is -2.35. The monoisotopic (exact) mass is 691 g/mol. The molecule has 2 amide bonds. The van der Waals surface area contributed by atoms with E-state index in [4.69, 9.17) is 23.2 Å². The number of carbonyl (C=O) groups excluding carboxylic acids is 2. The van der Waals surface area contributed by atoms with E-state index in [1.807, 2.05) is 43.3 Å². The van der Waals surface area contributed by atoms with E-state index >= 15 is 0 Å². The summed E-state index contributed by atoms with van der Waals surface area (Å²) in [6, 6.07) is 28.5. The topological polar surface area (TPSA) is 86.8 Å². The molecule has 0 saturated heterocycles. The van der Waals surface area contributed by atoms with Gasteiger partial charge in [0, 0.05) is 29.1 Å². The van der Waals surface area contributed by atoms with Crippen LogP contribution in [0, 0.1) is 6.92 Å². The molecule has 4 aromatic rings. The van der Waals surface area contributed by atoms with Gasteiger partial charge in [-0.15, -0.1) is 0 Å². The van der Waals surface area contributed by atoms with Gasteiger partial charge in [0.15, 0.2) is 0 Å². The van der Waals surface area contributed by atoms with Crippen LogP contribution in [0.15, 0.2) is 108 Å². The molecular formula is C37H39Cl2N3O4S. The summed E-state index contributed by atoms with van der Waals surface area (Å²) in [5, 5.41) is 4.08. The van der Waals surface area contributed by atoms with Gasteiger partial charge in [-0.25, -0.2) is 8.42 Å². The first-order valence-electron chi connectivity index (χ1n) is 15.8. The molecule has 0 heterocycles. The molecule has 246 valence electrons. The maximum Gasteiger partial charge on any atom is 0.264 e. The zero-order chi connectivity index (χ0) is 33.4. The standard InChI is InChI=1S/C37H39Cl2N3O4S/c1-27-16-22-33(23-17-27)47(45,46)42(32-20-18-30(38)19-21-32)26-36(43)41(25-29-12-8-9-15-34(29)39)35(24-28-10-4-2-5-11-28)37(44)40-31-13-6-3-7-14-31/h2,4-5,8-12,15-23,31,35H,3,6-7,13-14,24-26H2,1H3,(H,40,44)/t35-/m0/s1. The van der Waals surface area contributed by atoms with Gasteiger partial charge >= 0.3 is 0 Å². The fraction of sp³-hybridized carbons (Fsp3) is 0.297. The van der Waals surface area contributed by atoms with Crippen LogP contribution in [0.1, 0.15) is 48.8 Å². The molecule has 47 heavy (non-hydrogen) atoms. The third kappa shape index (κ3) is 8.95. The molecule has 1 aliphatic rings. The molecule has 0 spiro atoms. The van der Waals surface area contributed by atoms with Crippen molar-refractivity contribution in [3.05, 3.63) is 130 Å². The predicted octanol–water partition coefficient (Wildman–Crippen LogP) is 7.59. The Bertz CT molecular complexity index is 1760. The quantitative estimate of drug-likeness (QED) is 0.166. The number of sulfonamides is 1. The highest BCUT2D eigenvalue weighted by atomic mass is 35.5. The molecule has 1 N–H and O–H groups in total. The molecule has 0 radical (unpaired) electrons. The van der Waals surface area contributed by atoms with Crippen LogP contribution in [0.4, 0.5) is 5.69 Å². The fourth-order valence-electron chi connectivity index (χ4n) is 5.88. The van der Waals surface area contributed by atoms with E-state index in [-0.39, 0.29) is 35.5 Å². The Morgan fingerprint density at radius 2 is 1.47 bits per heavy atom. The minimum Gasteiger partial charge on any atom is -0.352 e. The van der Waals surface area contributed by atoms with Gasteiger partial charge in [0.05, 0.1) is 10.6 Å². The fourth-order valence-corrected chi connectivity index (χ4v) is 7.62. The first-order chi connectivity index (χ1) is 22.6. The molecule has 7 nitrogen and oxygen atoms in total. The molecule has 0 aromatic heterocycles. The molecule has 1 fully saturated rings. The number of benzene rings is 4. The first kappa shape index (κ1) is 34.5. The smallest absolute Gasteiger partial charge is 0.264 e. The molecule has 1 atom stereocenters.